The molecule has 0 saturated heterocycles. The molecule has 0 aliphatic heterocycles. The van der Waals surface area contributed by atoms with E-state index in [2.05, 4.69) is 57.2 Å². The second kappa shape index (κ2) is 13.1. The first-order valence-electron chi connectivity index (χ1n) is 15.3. The Bertz CT molecular complexity index is 826. The highest BCUT2D eigenvalue weighted by Gasteiger charge is 2.34. The standard InChI is InChI=1S/C34H51N/c1-4-6-8-27-9-13-28(14-10-27)25(3)34-22-21-32(23-33(34)24-35)31-19-17-30(18-20-31)29-15-11-26(7-5-2)12-16-29/h17-20,23,25-29,32,34H,4-16,21-22H2,1-3H3/t25?,26?,27?,28?,29?,32-,34+/m1/s1. The molecule has 3 atom stereocenters. The Morgan fingerprint density at radius 2 is 1.40 bits per heavy atom. The summed E-state index contributed by atoms with van der Waals surface area (Å²) in [5.41, 5.74) is 4.05. The van der Waals surface area contributed by atoms with Gasteiger partial charge in [-0.1, -0.05) is 96.1 Å². The summed E-state index contributed by atoms with van der Waals surface area (Å²) >= 11 is 0. The topological polar surface area (TPSA) is 23.8 Å². The van der Waals surface area contributed by atoms with Crippen LogP contribution in [0, 0.1) is 40.9 Å². The van der Waals surface area contributed by atoms with Crippen LogP contribution in [0.4, 0.5) is 0 Å². The Kier molecular flexibility index (Phi) is 9.94. The summed E-state index contributed by atoms with van der Waals surface area (Å²) in [6.45, 7) is 7.09. The first kappa shape index (κ1) is 26.5. The van der Waals surface area contributed by atoms with Gasteiger partial charge in [0.1, 0.15) is 0 Å². The molecule has 1 nitrogen and oxygen atoms in total. The third-order valence-corrected chi connectivity index (χ3v) is 10.3. The monoisotopic (exact) mass is 473 g/mol. The number of rotatable bonds is 9. The van der Waals surface area contributed by atoms with Crippen LogP contribution in [0.2, 0.25) is 0 Å². The van der Waals surface area contributed by atoms with Gasteiger partial charge in [-0.15, -0.1) is 0 Å². The molecule has 35 heavy (non-hydrogen) atoms. The van der Waals surface area contributed by atoms with Crippen molar-refractivity contribution in [2.75, 3.05) is 0 Å². The number of benzene rings is 1. The lowest BCUT2D eigenvalue weighted by Gasteiger charge is -2.38. The minimum absolute atomic E-state index is 0.423. The van der Waals surface area contributed by atoms with Crippen molar-refractivity contribution < 1.29 is 0 Å². The zero-order valence-corrected chi connectivity index (χ0v) is 23.0. The molecule has 192 valence electrons. The zero-order chi connectivity index (χ0) is 24.6. The second-order valence-electron chi connectivity index (χ2n) is 12.5. The van der Waals surface area contributed by atoms with Crippen LogP contribution in [-0.2, 0) is 0 Å². The van der Waals surface area contributed by atoms with E-state index in [1.165, 1.54) is 102 Å². The fourth-order valence-corrected chi connectivity index (χ4v) is 7.90. The predicted molar refractivity (Wildman–Crippen MR) is 149 cm³/mol. The molecule has 0 aromatic heterocycles. The molecule has 1 unspecified atom stereocenters. The summed E-state index contributed by atoms with van der Waals surface area (Å²) in [6.07, 6.45) is 22.8. The molecule has 3 aliphatic carbocycles. The van der Waals surface area contributed by atoms with Crippen LogP contribution < -0.4 is 0 Å². The maximum Gasteiger partial charge on any atom is 0.0947 e. The van der Waals surface area contributed by atoms with Gasteiger partial charge in [0.15, 0.2) is 0 Å². The highest BCUT2D eigenvalue weighted by Crippen LogP contribution is 2.45. The van der Waals surface area contributed by atoms with Crippen LogP contribution >= 0.6 is 0 Å². The number of unbranched alkanes of at least 4 members (excludes halogenated alkanes) is 1. The van der Waals surface area contributed by atoms with Gasteiger partial charge < -0.3 is 0 Å². The van der Waals surface area contributed by atoms with Gasteiger partial charge in [0.05, 0.1) is 6.07 Å². The number of hydrogen-bond donors (Lipinski definition) is 0. The Morgan fingerprint density at radius 3 is 2.03 bits per heavy atom. The molecular weight excluding hydrogens is 422 g/mol. The Hall–Kier alpha value is -1.55. The SMILES string of the molecule is CCCCC1CCC(C(C)[C@@H]2CC[C@@H](c3ccc(C4CCC(CCC)CC4)cc3)C=C2C#N)CC1. The maximum absolute atomic E-state index is 10.1. The fraction of sp³-hybridized carbons (Fsp3) is 0.735. The summed E-state index contributed by atoms with van der Waals surface area (Å²) in [5, 5.41) is 10.1. The van der Waals surface area contributed by atoms with Crippen LogP contribution in [0.15, 0.2) is 35.9 Å². The zero-order valence-electron chi connectivity index (χ0n) is 23.0. The van der Waals surface area contributed by atoms with Gasteiger partial charge >= 0.3 is 0 Å². The van der Waals surface area contributed by atoms with Crippen LogP contribution in [0.25, 0.3) is 0 Å². The predicted octanol–water partition coefficient (Wildman–Crippen LogP) is 10.3. The Balaban J connectivity index is 1.33. The lowest BCUT2D eigenvalue weighted by molar-refractivity contribution is 0.166. The maximum atomic E-state index is 10.1. The van der Waals surface area contributed by atoms with Crippen LogP contribution in [0.1, 0.15) is 140 Å². The Labute approximate surface area is 216 Å². The van der Waals surface area contributed by atoms with Crippen molar-refractivity contribution in [3.05, 3.63) is 47.0 Å². The van der Waals surface area contributed by atoms with E-state index in [0.29, 0.717) is 17.8 Å². The van der Waals surface area contributed by atoms with Crippen LogP contribution in [-0.4, -0.2) is 0 Å². The van der Waals surface area contributed by atoms with Gasteiger partial charge in [-0.25, -0.2) is 0 Å². The molecule has 4 rings (SSSR count). The summed E-state index contributed by atoms with van der Waals surface area (Å²) in [7, 11) is 0. The van der Waals surface area contributed by atoms with Crippen molar-refractivity contribution >= 4 is 0 Å². The van der Waals surface area contributed by atoms with Gasteiger partial charge in [-0.05, 0) is 98.0 Å². The van der Waals surface area contributed by atoms with Crippen LogP contribution in [0.5, 0.6) is 0 Å². The Morgan fingerprint density at radius 1 is 0.771 bits per heavy atom. The van der Waals surface area contributed by atoms with Gasteiger partial charge in [-0.3, -0.25) is 0 Å². The minimum atomic E-state index is 0.423. The minimum Gasteiger partial charge on any atom is -0.193 e. The summed E-state index contributed by atoms with van der Waals surface area (Å²) in [6, 6.07) is 12.2. The van der Waals surface area contributed by atoms with Crippen molar-refractivity contribution in [2.24, 2.45) is 29.6 Å². The first-order valence-corrected chi connectivity index (χ1v) is 15.3. The molecule has 0 heterocycles. The molecule has 3 aliphatic rings. The van der Waals surface area contributed by atoms with E-state index in [9.17, 15) is 5.26 Å². The van der Waals surface area contributed by atoms with Crippen molar-refractivity contribution in [1.29, 1.82) is 5.26 Å². The molecule has 0 N–H and O–H groups in total. The molecule has 0 radical (unpaired) electrons. The molecule has 1 heteroatoms. The van der Waals surface area contributed by atoms with Crippen LogP contribution in [0.3, 0.4) is 0 Å². The first-order chi connectivity index (χ1) is 17.1. The molecule has 0 amide bonds. The normalized spacial score (nSPS) is 32.5. The smallest absolute Gasteiger partial charge is 0.0947 e. The largest absolute Gasteiger partial charge is 0.193 e. The third kappa shape index (κ3) is 6.81. The number of hydrogen-bond acceptors (Lipinski definition) is 1. The average molecular weight is 474 g/mol. The van der Waals surface area contributed by atoms with Crippen molar-refractivity contribution in [1.82, 2.24) is 0 Å². The van der Waals surface area contributed by atoms with E-state index in [1.807, 2.05) is 0 Å². The van der Waals surface area contributed by atoms with E-state index in [4.69, 9.17) is 0 Å². The summed E-state index contributed by atoms with van der Waals surface area (Å²) in [5.74, 6) is 5.07. The molecule has 1 aromatic carbocycles. The van der Waals surface area contributed by atoms with Gasteiger partial charge in [-0.2, -0.15) is 5.26 Å². The lowest BCUT2D eigenvalue weighted by atomic mass is 9.66. The van der Waals surface area contributed by atoms with E-state index in [-0.39, 0.29) is 0 Å². The second-order valence-corrected chi connectivity index (χ2v) is 12.5. The van der Waals surface area contributed by atoms with E-state index < -0.39 is 0 Å². The van der Waals surface area contributed by atoms with Crippen molar-refractivity contribution in [3.8, 4) is 6.07 Å². The fourth-order valence-electron chi connectivity index (χ4n) is 7.90. The van der Waals surface area contributed by atoms with Gasteiger partial charge in [0.25, 0.3) is 0 Å². The number of allylic oxidation sites excluding steroid dienone is 2. The van der Waals surface area contributed by atoms with Crippen molar-refractivity contribution in [2.45, 2.75) is 129 Å². The molecule has 1 aromatic rings. The van der Waals surface area contributed by atoms with Gasteiger partial charge in [0.2, 0.25) is 0 Å². The number of nitriles is 1. The molecular formula is C34H51N. The lowest BCUT2D eigenvalue weighted by Crippen LogP contribution is -2.28. The average Bonchev–Trinajstić information content (AvgIpc) is 2.92. The summed E-state index contributed by atoms with van der Waals surface area (Å²) in [4.78, 5) is 0. The van der Waals surface area contributed by atoms with E-state index >= 15 is 0 Å². The molecule has 0 bridgehead atoms. The van der Waals surface area contributed by atoms with E-state index in [1.54, 1.807) is 5.56 Å². The summed E-state index contributed by atoms with van der Waals surface area (Å²) < 4.78 is 0. The van der Waals surface area contributed by atoms with Gasteiger partial charge in [0, 0.05) is 11.5 Å². The third-order valence-electron chi connectivity index (χ3n) is 10.3. The van der Waals surface area contributed by atoms with Crippen molar-refractivity contribution in [3.63, 3.8) is 0 Å². The quantitative estimate of drug-likeness (QED) is 0.350. The molecule has 2 saturated carbocycles. The molecule has 2 fully saturated rings. The molecule has 0 spiro atoms. The van der Waals surface area contributed by atoms with E-state index in [0.717, 1.165) is 29.2 Å². The highest BCUT2D eigenvalue weighted by atomic mass is 14.4. The highest BCUT2D eigenvalue weighted by molar-refractivity contribution is 5.36. The number of nitrogens with zero attached hydrogens (tertiary/aromatic N) is 1.